The van der Waals surface area contributed by atoms with Gasteiger partial charge in [0, 0.05) is 12.0 Å². The van der Waals surface area contributed by atoms with Gasteiger partial charge in [0.25, 0.3) is 0 Å². The van der Waals surface area contributed by atoms with Gasteiger partial charge in [-0.05, 0) is 30.0 Å². The molecule has 2 rings (SSSR count). The molecule has 1 aromatic carbocycles. The third-order valence-corrected chi connectivity index (χ3v) is 3.79. The molecule has 0 aromatic heterocycles. The van der Waals surface area contributed by atoms with Gasteiger partial charge in [-0.1, -0.05) is 38.1 Å². The Labute approximate surface area is 108 Å². The van der Waals surface area contributed by atoms with Gasteiger partial charge in [-0.3, -0.25) is 4.79 Å². The number of carboxylic acid groups (broad SMARTS) is 1. The van der Waals surface area contributed by atoms with E-state index in [1.165, 1.54) is 12.0 Å². The Bertz CT molecular complexity index is 434. The van der Waals surface area contributed by atoms with Crippen LogP contribution in [0.25, 0.3) is 0 Å². The largest absolute Gasteiger partial charge is 0.481 e. The lowest BCUT2D eigenvalue weighted by Crippen LogP contribution is -2.22. The van der Waals surface area contributed by atoms with Crippen LogP contribution in [0.2, 0.25) is 0 Å². The molecule has 1 unspecified atom stereocenters. The van der Waals surface area contributed by atoms with Crippen LogP contribution in [0.4, 0.5) is 0 Å². The van der Waals surface area contributed by atoms with E-state index in [0.717, 1.165) is 18.7 Å². The van der Waals surface area contributed by atoms with Crippen molar-refractivity contribution in [2.75, 3.05) is 13.1 Å². The molecular formula is C15H21NO2. The number of nitrogens with one attached hydrogen (secondary N) is 1. The van der Waals surface area contributed by atoms with Gasteiger partial charge < -0.3 is 10.4 Å². The average Bonchev–Trinajstić information content (AvgIpc) is 2.81. The summed E-state index contributed by atoms with van der Waals surface area (Å²) in [6.07, 6.45) is 1.34. The van der Waals surface area contributed by atoms with Crippen molar-refractivity contribution in [3.05, 3.63) is 35.4 Å². The quantitative estimate of drug-likeness (QED) is 0.859. The highest BCUT2D eigenvalue weighted by molar-refractivity contribution is 5.68. The summed E-state index contributed by atoms with van der Waals surface area (Å²) in [4.78, 5) is 10.9. The summed E-state index contributed by atoms with van der Waals surface area (Å²) in [6, 6.07) is 8.42. The molecule has 1 atom stereocenters. The van der Waals surface area contributed by atoms with Crippen LogP contribution >= 0.6 is 0 Å². The van der Waals surface area contributed by atoms with Crippen molar-refractivity contribution >= 4 is 5.97 Å². The molecule has 3 nitrogen and oxygen atoms in total. The number of benzene rings is 1. The van der Waals surface area contributed by atoms with E-state index in [4.69, 9.17) is 5.11 Å². The first-order chi connectivity index (χ1) is 8.49. The molecule has 0 aliphatic carbocycles. The third-order valence-electron chi connectivity index (χ3n) is 3.79. The second kappa shape index (κ2) is 5.11. The maximum Gasteiger partial charge on any atom is 0.304 e. The van der Waals surface area contributed by atoms with Gasteiger partial charge in [0.05, 0.1) is 6.42 Å². The zero-order valence-corrected chi connectivity index (χ0v) is 11.1. The molecule has 3 heteroatoms. The summed E-state index contributed by atoms with van der Waals surface area (Å²) in [5, 5.41) is 12.3. The van der Waals surface area contributed by atoms with Gasteiger partial charge in [-0.15, -0.1) is 0 Å². The molecule has 0 spiro atoms. The summed E-state index contributed by atoms with van der Waals surface area (Å²) in [7, 11) is 0. The zero-order valence-electron chi connectivity index (χ0n) is 11.1. The summed E-state index contributed by atoms with van der Waals surface area (Å²) in [5.74, 6) is -0.168. The maximum absolute atomic E-state index is 10.9. The fourth-order valence-corrected chi connectivity index (χ4v) is 2.63. The van der Waals surface area contributed by atoms with Crippen LogP contribution in [0.15, 0.2) is 24.3 Å². The first-order valence-electron chi connectivity index (χ1n) is 6.52. The zero-order chi connectivity index (χ0) is 13.2. The highest BCUT2D eigenvalue weighted by Gasteiger charge is 2.25. The number of carbonyl (C=O) groups is 1. The minimum absolute atomic E-state index is 0.166. The van der Waals surface area contributed by atoms with Gasteiger partial charge in [-0.25, -0.2) is 0 Å². The molecule has 2 N–H and O–H groups in total. The van der Waals surface area contributed by atoms with Gasteiger partial charge in [-0.2, -0.15) is 0 Å². The van der Waals surface area contributed by atoms with E-state index in [-0.39, 0.29) is 11.8 Å². The van der Waals surface area contributed by atoms with Crippen molar-refractivity contribution in [3.8, 4) is 0 Å². The Morgan fingerprint density at radius 3 is 2.89 bits per heavy atom. The van der Waals surface area contributed by atoms with Crippen LogP contribution in [0.5, 0.6) is 0 Å². The molecule has 0 saturated carbocycles. The molecule has 0 radical (unpaired) electrons. The monoisotopic (exact) mass is 247 g/mol. The van der Waals surface area contributed by atoms with Crippen molar-refractivity contribution in [1.29, 1.82) is 0 Å². The Morgan fingerprint density at radius 1 is 1.50 bits per heavy atom. The number of rotatable bonds is 4. The van der Waals surface area contributed by atoms with Gasteiger partial charge in [0.15, 0.2) is 0 Å². The van der Waals surface area contributed by atoms with E-state index >= 15 is 0 Å². The number of hydrogen-bond acceptors (Lipinski definition) is 2. The molecule has 1 heterocycles. The van der Waals surface area contributed by atoms with Crippen molar-refractivity contribution < 1.29 is 9.90 Å². The SMILES string of the molecule is CC(C)(CC(=O)O)c1cccc(C2CCNC2)c1. The van der Waals surface area contributed by atoms with Crippen LogP contribution < -0.4 is 5.32 Å². The number of carboxylic acids is 1. The van der Waals surface area contributed by atoms with Crippen LogP contribution in [0, 0.1) is 0 Å². The lowest BCUT2D eigenvalue weighted by Gasteiger charge is -2.24. The smallest absolute Gasteiger partial charge is 0.304 e. The van der Waals surface area contributed by atoms with E-state index < -0.39 is 5.97 Å². The van der Waals surface area contributed by atoms with Crippen molar-refractivity contribution in [1.82, 2.24) is 5.32 Å². The van der Waals surface area contributed by atoms with Crippen molar-refractivity contribution in [2.24, 2.45) is 0 Å². The molecule has 1 fully saturated rings. The Hall–Kier alpha value is -1.35. The molecule has 1 aliphatic heterocycles. The Morgan fingerprint density at radius 2 is 2.28 bits per heavy atom. The second-order valence-corrected chi connectivity index (χ2v) is 5.77. The summed E-state index contributed by atoms with van der Waals surface area (Å²) < 4.78 is 0. The summed E-state index contributed by atoms with van der Waals surface area (Å²) >= 11 is 0. The molecule has 18 heavy (non-hydrogen) atoms. The van der Waals surface area contributed by atoms with E-state index in [0.29, 0.717) is 5.92 Å². The predicted octanol–water partition coefficient (Wildman–Crippen LogP) is 2.52. The number of hydrogen-bond donors (Lipinski definition) is 2. The minimum Gasteiger partial charge on any atom is -0.481 e. The van der Waals surface area contributed by atoms with E-state index in [9.17, 15) is 4.79 Å². The third kappa shape index (κ3) is 2.91. The summed E-state index contributed by atoms with van der Waals surface area (Å²) in [5.41, 5.74) is 2.14. The van der Waals surface area contributed by atoms with Gasteiger partial charge in [0.1, 0.15) is 0 Å². The fourth-order valence-electron chi connectivity index (χ4n) is 2.63. The Kier molecular flexibility index (Phi) is 3.71. The first kappa shape index (κ1) is 13.1. The van der Waals surface area contributed by atoms with Gasteiger partial charge in [0.2, 0.25) is 0 Å². The van der Waals surface area contributed by atoms with E-state index in [1.807, 2.05) is 26.0 Å². The Balaban J connectivity index is 2.23. The standard InChI is InChI=1S/C15H21NO2/c1-15(2,9-14(17)18)13-5-3-4-11(8-13)12-6-7-16-10-12/h3-5,8,12,16H,6-7,9-10H2,1-2H3,(H,17,18). The normalized spacial score (nSPS) is 20.0. The lowest BCUT2D eigenvalue weighted by molar-refractivity contribution is -0.138. The summed E-state index contributed by atoms with van der Waals surface area (Å²) in [6.45, 7) is 6.09. The van der Waals surface area contributed by atoms with Crippen LogP contribution in [0.3, 0.4) is 0 Å². The molecule has 1 saturated heterocycles. The molecule has 1 aromatic rings. The average molecular weight is 247 g/mol. The lowest BCUT2D eigenvalue weighted by atomic mass is 9.80. The fraction of sp³-hybridized carbons (Fsp3) is 0.533. The topological polar surface area (TPSA) is 49.3 Å². The highest BCUT2D eigenvalue weighted by atomic mass is 16.4. The van der Waals surface area contributed by atoms with Crippen molar-refractivity contribution in [2.45, 2.75) is 38.0 Å². The molecule has 0 bridgehead atoms. The maximum atomic E-state index is 10.9. The van der Waals surface area contributed by atoms with Crippen LogP contribution in [0.1, 0.15) is 43.7 Å². The minimum atomic E-state index is -0.743. The number of aliphatic carboxylic acids is 1. The molecule has 0 amide bonds. The second-order valence-electron chi connectivity index (χ2n) is 5.77. The molecule has 98 valence electrons. The highest BCUT2D eigenvalue weighted by Crippen LogP contribution is 2.30. The van der Waals surface area contributed by atoms with E-state index in [2.05, 4.69) is 17.4 Å². The van der Waals surface area contributed by atoms with E-state index in [1.54, 1.807) is 0 Å². The first-order valence-corrected chi connectivity index (χ1v) is 6.52. The molecule has 1 aliphatic rings. The molecular weight excluding hydrogens is 226 g/mol. The van der Waals surface area contributed by atoms with Crippen LogP contribution in [-0.2, 0) is 10.2 Å². The van der Waals surface area contributed by atoms with Crippen molar-refractivity contribution in [3.63, 3.8) is 0 Å². The predicted molar refractivity (Wildman–Crippen MR) is 71.9 cm³/mol. The van der Waals surface area contributed by atoms with Gasteiger partial charge >= 0.3 is 5.97 Å². The van der Waals surface area contributed by atoms with Crippen LogP contribution in [-0.4, -0.2) is 24.2 Å².